The van der Waals surface area contributed by atoms with Crippen LogP contribution in [0.3, 0.4) is 0 Å². The maximum atomic E-state index is 13.4. The van der Waals surface area contributed by atoms with E-state index in [1.165, 1.54) is 11.1 Å². The summed E-state index contributed by atoms with van der Waals surface area (Å²) in [7, 11) is 0. The zero-order valence-corrected chi connectivity index (χ0v) is 16.7. The second-order valence-electron chi connectivity index (χ2n) is 8.38. The summed E-state index contributed by atoms with van der Waals surface area (Å²) in [4.78, 5) is 30.0. The first-order valence-electron chi connectivity index (χ1n) is 9.89. The van der Waals surface area contributed by atoms with Crippen molar-refractivity contribution in [2.75, 3.05) is 16.8 Å². The van der Waals surface area contributed by atoms with Crippen LogP contribution in [0.5, 0.6) is 0 Å². The average molecular weight is 377 g/mol. The SMILES string of the molecule is Cc1ccc(CN(CC(=O)N2c3ccccc3NC(=O)C2(C)C)C2CC2)cc1. The fourth-order valence-corrected chi connectivity index (χ4v) is 3.82. The van der Waals surface area contributed by atoms with E-state index in [0.29, 0.717) is 18.3 Å². The number of hydrogen-bond acceptors (Lipinski definition) is 3. The van der Waals surface area contributed by atoms with E-state index in [1.807, 2.05) is 24.3 Å². The Hall–Kier alpha value is -2.66. The monoisotopic (exact) mass is 377 g/mol. The van der Waals surface area contributed by atoms with Crippen LogP contribution in [0.15, 0.2) is 48.5 Å². The maximum Gasteiger partial charge on any atom is 0.250 e. The summed E-state index contributed by atoms with van der Waals surface area (Å²) in [5.41, 5.74) is 2.97. The molecular formula is C23H27N3O2. The van der Waals surface area contributed by atoms with Crippen molar-refractivity contribution in [2.24, 2.45) is 0 Å². The van der Waals surface area contributed by atoms with E-state index < -0.39 is 5.54 Å². The van der Waals surface area contributed by atoms with Gasteiger partial charge in [-0.25, -0.2) is 0 Å². The number of nitrogens with one attached hydrogen (secondary N) is 1. The number of carbonyl (C=O) groups is 2. The van der Waals surface area contributed by atoms with Crippen LogP contribution in [0, 0.1) is 6.92 Å². The Kier molecular flexibility index (Phi) is 4.71. The highest BCUT2D eigenvalue weighted by atomic mass is 16.2. The van der Waals surface area contributed by atoms with Gasteiger partial charge in [0.25, 0.3) is 0 Å². The van der Waals surface area contributed by atoms with Crippen LogP contribution in [0.4, 0.5) is 11.4 Å². The van der Waals surface area contributed by atoms with E-state index in [-0.39, 0.29) is 11.8 Å². The minimum Gasteiger partial charge on any atom is -0.322 e. The van der Waals surface area contributed by atoms with E-state index in [0.717, 1.165) is 25.1 Å². The molecule has 1 saturated carbocycles. The molecule has 0 radical (unpaired) electrons. The van der Waals surface area contributed by atoms with Crippen molar-refractivity contribution in [2.45, 2.75) is 51.7 Å². The largest absolute Gasteiger partial charge is 0.322 e. The van der Waals surface area contributed by atoms with Crippen LogP contribution in [0.1, 0.15) is 37.8 Å². The summed E-state index contributed by atoms with van der Waals surface area (Å²) >= 11 is 0. The van der Waals surface area contributed by atoms with Crippen LogP contribution >= 0.6 is 0 Å². The Balaban J connectivity index is 1.58. The van der Waals surface area contributed by atoms with Gasteiger partial charge < -0.3 is 5.32 Å². The lowest BCUT2D eigenvalue weighted by molar-refractivity contribution is -0.127. The normalized spacial score (nSPS) is 18.0. The van der Waals surface area contributed by atoms with E-state index >= 15 is 0 Å². The highest BCUT2D eigenvalue weighted by molar-refractivity contribution is 6.14. The molecule has 2 aromatic rings. The second kappa shape index (κ2) is 7.06. The molecule has 146 valence electrons. The quantitative estimate of drug-likeness (QED) is 0.864. The van der Waals surface area contributed by atoms with Crippen LogP contribution < -0.4 is 10.2 Å². The number of fused-ring (bicyclic) bond motifs is 1. The van der Waals surface area contributed by atoms with Gasteiger partial charge in [-0.05, 0) is 51.3 Å². The minimum absolute atomic E-state index is 0.0358. The molecule has 0 aromatic heterocycles. The summed E-state index contributed by atoms with van der Waals surface area (Å²) in [6.45, 7) is 6.74. The molecule has 1 aliphatic carbocycles. The van der Waals surface area contributed by atoms with Crippen molar-refractivity contribution < 1.29 is 9.59 Å². The molecule has 0 unspecified atom stereocenters. The van der Waals surface area contributed by atoms with E-state index in [9.17, 15) is 9.59 Å². The first-order chi connectivity index (χ1) is 13.4. The van der Waals surface area contributed by atoms with Crippen molar-refractivity contribution in [3.05, 3.63) is 59.7 Å². The van der Waals surface area contributed by atoms with Gasteiger partial charge in [-0.1, -0.05) is 42.0 Å². The lowest BCUT2D eigenvalue weighted by Gasteiger charge is -2.42. The predicted molar refractivity (Wildman–Crippen MR) is 111 cm³/mol. The molecule has 28 heavy (non-hydrogen) atoms. The fourth-order valence-electron chi connectivity index (χ4n) is 3.82. The zero-order chi connectivity index (χ0) is 19.9. The lowest BCUT2D eigenvalue weighted by atomic mass is 9.96. The second-order valence-corrected chi connectivity index (χ2v) is 8.38. The Morgan fingerprint density at radius 1 is 1.14 bits per heavy atom. The molecule has 1 N–H and O–H groups in total. The summed E-state index contributed by atoms with van der Waals surface area (Å²) in [5, 5.41) is 2.92. The molecule has 2 amide bonds. The van der Waals surface area contributed by atoms with Crippen molar-refractivity contribution in [1.82, 2.24) is 4.90 Å². The maximum absolute atomic E-state index is 13.4. The van der Waals surface area contributed by atoms with Gasteiger partial charge in [0.1, 0.15) is 5.54 Å². The molecule has 4 rings (SSSR count). The molecular weight excluding hydrogens is 350 g/mol. The number of anilines is 2. The molecule has 0 atom stereocenters. The summed E-state index contributed by atoms with van der Waals surface area (Å²) in [5.74, 6) is -0.192. The number of rotatable bonds is 5. The third-order valence-electron chi connectivity index (χ3n) is 5.67. The van der Waals surface area contributed by atoms with Gasteiger partial charge in [0.2, 0.25) is 11.8 Å². The highest BCUT2D eigenvalue weighted by Gasteiger charge is 2.44. The van der Waals surface area contributed by atoms with Gasteiger partial charge in [-0.15, -0.1) is 0 Å². The van der Waals surface area contributed by atoms with Gasteiger partial charge in [0, 0.05) is 12.6 Å². The Morgan fingerprint density at radius 2 is 1.82 bits per heavy atom. The van der Waals surface area contributed by atoms with Crippen LogP contribution in [0.25, 0.3) is 0 Å². The van der Waals surface area contributed by atoms with Gasteiger partial charge in [-0.3, -0.25) is 19.4 Å². The molecule has 0 bridgehead atoms. The van der Waals surface area contributed by atoms with Gasteiger partial charge in [0.05, 0.1) is 17.9 Å². The summed E-state index contributed by atoms with van der Waals surface area (Å²) < 4.78 is 0. The lowest BCUT2D eigenvalue weighted by Crippen LogP contribution is -2.60. The number of para-hydroxylation sites is 2. The molecule has 1 heterocycles. The van der Waals surface area contributed by atoms with Crippen LogP contribution in [-0.2, 0) is 16.1 Å². The Morgan fingerprint density at radius 3 is 2.50 bits per heavy atom. The summed E-state index contributed by atoms with van der Waals surface area (Å²) in [6, 6.07) is 16.4. The number of benzene rings is 2. The number of carbonyl (C=O) groups excluding carboxylic acids is 2. The minimum atomic E-state index is -0.926. The Bertz CT molecular complexity index is 900. The molecule has 0 saturated heterocycles. The first kappa shape index (κ1) is 18.7. The van der Waals surface area contributed by atoms with Crippen LogP contribution in [0.2, 0.25) is 0 Å². The third kappa shape index (κ3) is 3.54. The van der Waals surface area contributed by atoms with Gasteiger partial charge in [-0.2, -0.15) is 0 Å². The van der Waals surface area contributed by atoms with Crippen molar-refractivity contribution in [3.63, 3.8) is 0 Å². The van der Waals surface area contributed by atoms with Crippen molar-refractivity contribution >= 4 is 23.2 Å². The Labute approximate surface area is 166 Å². The molecule has 0 spiro atoms. The molecule has 5 nitrogen and oxygen atoms in total. The third-order valence-corrected chi connectivity index (χ3v) is 5.67. The number of hydrogen-bond donors (Lipinski definition) is 1. The number of nitrogens with zero attached hydrogens (tertiary/aromatic N) is 2. The van der Waals surface area contributed by atoms with E-state index in [4.69, 9.17) is 0 Å². The fraction of sp³-hybridized carbons (Fsp3) is 0.391. The number of aryl methyl sites for hydroxylation is 1. The highest BCUT2D eigenvalue weighted by Crippen LogP contribution is 2.37. The van der Waals surface area contributed by atoms with Crippen LogP contribution in [-0.4, -0.2) is 34.8 Å². The molecule has 5 heteroatoms. The predicted octanol–water partition coefficient (Wildman–Crippen LogP) is 3.72. The average Bonchev–Trinajstić information content (AvgIpc) is 3.49. The molecule has 1 fully saturated rings. The molecule has 1 aliphatic heterocycles. The zero-order valence-electron chi connectivity index (χ0n) is 16.7. The molecule has 2 aliphatic rings. The van der Waals surface area contributed by atoms with E-state index in [1.54, 1.807) is 18.7 Å². The summed E-state index contributed by atoms with van der Waals surface area (Å²) in [6.07, 6.45) is 2.25. The topological polar surface area (TPSA) is 52.7 Å². The van der Waals surface area contributed by atoms with Crippen molar-refractivity contribution in [1.29, 1.82) is 0 Å². The number of amides is 2. The molecule has 2 aromatic carbocycles. The first-order valence-corrected chi connectivity index (χ1v) is 9.89. The smallest absolute Gasteiger partial charge is 0.250 e. The van der Waals surface area contributed by atoms with Crippen molar-refractivity contribution in [3.8, 4) is 0 Å². The van der Waals surface area contributed by atoms with E-state index in [2.05, 4.69) is 41.4 Å². The van der Waals surface area contributed by atoms with Gasteiger partial charge >= 0.3 is 0 Å². The van der Waals surface area contributed by atoms with Gasteiger partial charge in [0.15, 0.2) is 0 Å². The standard InChI is InChI=1S/C23H27N3O2/c1-16-8-10-17(11-9-16)14-25(18-12-13-18)15-21(27)26-20-7-5-4-6-19(20)24-22(28)23(26,2)3/h4-11,18H,12-15H2,1-3H3,(H,24,28).